The molecule has 0 radical (unpaired) electrons. The molecule has 4 heteroatoms. The molecule has 0 unspecified atom stereocenters. The molecule has 2 aromatic carbocycles. The predicted octanol–water partition coefficient (Wildman–Crippen LogP) is 3.45. The van der Waals surface area contributed by atoms with E-state index in [1.165, 1.54) is 5.56 Å². The van der Waals surface area contributed by atoms with E-state index in [-0.39, 0.29) is 5.91 Å². The van der Waals surface area contributed by atoms with Crippen molar-refractivity contribution in [3.63, 3.8) is 0 Å². The van der Waals surface area contributed by atoms with Crippen LogP contribution in [0.1, 0.15) is 29.8 Å². The Bertz CT molecular complexity index is 643. The van der Waals surface area contributed by atoms with E-state index in [2.05, 4.69) is 17.4 Å². The molecule has 4 nitrogen and oxygen atoms in total. The van der Waals surface area contributed by atoms with Crippen LogP contribution in [0, 0.1) is 0 Å². The van der Waals surface area contributed by atoms with Gasteiger partial charge < -0.3 is 14.8 Å². The molecule has 0 saturated carbocycles. The van der Waals surface area contributed by atoms with Crippen LogP contribution in [0.3, 0.4) is 0 Å². The number of carbonyl (C=O) groups excluding carboxylic acids is 1. The lowest BCUT2D eigenvalue weighted by Crippen LogP contribution is -2.45. The summed E-state index contributed by atoms with van der Waals surface area (Å²) in [7, 11) is 3.08. The fourth-order valence-corrected chi connectivity index (χ4v) is 2.60. The maximum Gasteiger partial charge on any atom is 0.259 e. The number of hydrogen-bond acceptors (Lipinski definition) is 3. The highest BCUT2D eigenvalue weighted by Crippen LogP contribution is 2.28. The number of carbonyl (C=O) groups is 1. The van der Waals surface area contributed by atoms with Crippen molar-refractivity contribution in [3.05, 3.63) is 59.7 Å². The smallest absolute Gasteiger partial charge is 0.259 e. The van der Waals surface area contributed by atoms with Gasteiger partial charge in [0, 0.05) is 5.54 Å². The summed E-state index contributed by atoms with van der Waals surface area (Å²) in [6.45, 7) is 4.00. The van der Waals surface area contributed by atoms with Crippen LogP contribution in [0.25, 0.3) is 0 Å². The van der Waals surface area contributed by atoms with Crippen LogP contribution in [-0.4, -0.2) is 25.7 Å². The van der Waals surface area contributed by atoms with Crippen LogP contribution in [0.4, 0.5) is 0 Å². The lowest BCUT2D eigenvalue weighted by molar-refractivity contribution is 0.0906. The molecular weight excluding hydrogens is 290 g/mol. The monoisotopic (exact) mass is 313 g/mol. The summed E-state index contributed by atoms with van der Waals surface area (Å²) in [5, 5.41) is 3.07. The quantitative estimate of drug-likeness (QED) is 0.888. The molecule has 2 rings (SSSR count). The molecule has 1 N–H and O–H groups in total. The molecule has 0 atom stereocenters. The number of methoxy groups -OCH3 is 2. The van der Waals surface area contributed by atoms with E-state index < -0.39 is 5.54 Å². The fourth-order valence-electron chi connectivity index (χ4n) is 2.60. The fraction of sp³-hybridized carbons (Fsp3) is 0.316. The molecule has 122 valence electrons. The van der Waals surface area contributed by atoms with Gasteiger partial charge >= 0.3 is 0 Å². The number of rotatable bonds is 6. The Balaban J connectivity index is 2.21. The lowest BCUT2D eigenvalue weighted by Gasteiger charge is -2.27. The minimum absolute atomic E-state index is 0.208. The van der Waals surface area contributed by atoms with Crippen LogP contribution in [-0.2, 0) is 6.42 Å². The van der Waals surface area contributed by atoms with Crippen molar-refractivity contribution < 1.29 is 14.3 Å². The molecule has 0 spiro atoms. The Morgan fingerprint density at radius 1 is 0.957 bits per heavy atom. The van der Waals surface area contributed by atoms with Gasteiger partial charge in [0.1, 0.15) is 17.1 Å². The normalized spacial score (nSPS) is 11.0. The van der Waals surface area contributed by atoms with Crippen molar-refractivity contribution in [2.24, 2.45) is 0 Å². The van der Waals surface area contributed by atoms with Gasteiger partial charge in [0.25, 0.3) is 5.91 Å². The first-order chi connectivity index (χ1) is 11.0. The lowest BCUT2D eigenvalue weighted by atomic mass is 9.94. The highest BCUT2D eigenvalue weighted by Gasteiger charge is 2.25. The third-order valence-electron chi connectivity index (χ3n) is 3.60. The second kappa shape index (κ2) is 7.18. The van der Waals surface area contributed by atoms with E-state index in [1.54, 1.807) is 32.4 Å². The molecule has 1 amide bonds. The van der Waals surface area contributed by atoms with E-state index in [1.807, 2.05) is 32.0 Å². The summed E-state index contributed by atoms with van der Waals surface area (Å²) in [5.41, 5.74) is 1.19. The van der Waals surface area contributed by atoms with E-state index in [9.17, 15) is 4.79 Å². The average Bonchev–Trinajstić information content (AvgIpc) is 2.53. The van der Waals surface area contributed by atoms with Gasteiger partial charge in [0.15, 0.2) is 0 Å². The Hall–Kier alpha value is -2.49. The summed E-state index contributed by atoms with van der Waals surface area (Å²) in [5.74, 6) is 0.787. The number of benzene rings is 2. The van der Waals surface area contributed by atoms with Crippen LogP contribution in [0.15, 0.2) is 48.5 Å². The molecule has 2 aromatic rings. The van der Waals surface area contributed by atoms with E-state index in [0.717, 1.165) is 6.42 Å². The maximum atomic E-state index is 12.7. The second-order valence-corrected chi connectivity index (χ2v) is 6.04. The van der Waals surface area contributed by atoms with E-state index >= 15 is 0 Å². The minimum Gasteiger partial charge on any atom is -0.496 e. The van der Waals surface area contributed by atoms with Gasteiger partial charge in [0.2, 0.25) is 0 Å². The summed E-state index contributed by atoms with van der Waals surface area (Å²) < 4.78 is 10.6. The SMILES string of the molecule is COc1cccc(OC)c1C(=O)NC(C)(C)Cc1ccccc1. The van der Waals surface area contributed by atoms with Crippen molar-refractivity contribution in [1.82, 2.24) is 5.32 Å². The molecule has 0 aliphatic rings. The van der Waals surface area contributed by atoms with Gasteiger partial charge in [-0.2, -0.15) is 0 Å². The zero-order chi connectivity index (χ0) is 16.9. The second-order valence-electron chi connectivity index (χ2n) is 6.04. The van der Waals surface area contributed by atoms with Crippen LogP contribution in [0.2, 0.25) is 0 Å². The number of ether oxygens (including phenoxy) is 2. The maximum absolute atomic E-state index is 12.7. The molecule has 0 fully saturated rings. The zero-order valence-corrected chi connectivity index (χ0v) is 14.1. The molecule has 0 aromatic heterocycles. The van der Waals surface area contributed by atoms with Gasteiger partial charge in [-0.05, 0) is 38.0 Å². The first kappa shape index (κ1) is 16.9. The molecule has 0 heterocycles. The van der Waals surface area contributed by atoms with Gasteiger partial charge in [0.05, 0.1) is 14.2 Å². The van der Waals surface area contributed by atoms with Gasteiger partial charge in [-0.25, -0.2) is 0 Å². The molecule has 0 saturated heterocycles. The molecule has 23 heavy (non-hydrogen) atoms. The topological polar surface area (TPSA) is 47.6 Å². The van der Waals surface area contributed by atoms with Crippen molar-refractivity contribution >= 4 is 5.91 Å². The van der Waals surface area contributed by atoms with E-state index in [0.29, 0.717) is 17.1 Å². The largest absolute Gasteiger partial charge is 0.496 e. The van der Waals surface area contributed by atoms with Crippen LogP contribution in [0.5, 0.6) is 11.5 Å². The molecule has 0 aliphatic carbocycles. The van der Waals surface area contributed by atoms with Gasteiger partial charge in [-0.3, -0.25) is 4.79 Å². The highest BCUT2D eigenvalue weighted by atomic mass is 16.5. The Labute approximate surface area is 137 Å². The molecule has 0 bridgehead atoms. The first-order valence-electron chi connectivity index (χ1n) is 7.54. The Kier molecular flexibility index (Phi) is 5.27. The van der Waals surface area contributed by atoms with Crippen LogP contribution < -0.4 is 14.8 Å². The van der Waals surface area contributed by atoms with Crippen molar-refractivity contribution in [3.8, 4) is 11.5 Å². The predicted molar refractivity (Wildman–Crippen MR) is 91.2 cm³/mol. The average molecular weight is 313 g/mol. The molecular formula is C19H23NO3. The van der Waals surface area contributed by atoms with Crippen molar-refractivity contribution in [1.29, 1.82) is 0 Å². The third-order valence-corrected chi connectivity index (χ3v) is 3.60. The minimum atomic E-state index is -0.399. The summed E-state index contributed by atoms with van der Waals surface area (Å²) in [6.07, 6.45) is 0.733. The number of hydrogen-bond donors (Lipinski definition) is 1. The van der Waals surface area contributed by atoms with Crippen LogP contribution >= 0.6 is 0 Å². The summed E-state index contributed by atoms with van der Waals surface area (Å²) >= 11 is 0. The highest BCUT2D eigenvalue weighted by molar-refractivity contribution is 6.00. The van der Waals surface area contributed by atoms with Gasteiger partial charge in [-0.1, -0.05) is 36.4 Å². The van der Waals surface area contributed by atoms with Crippen molar-refractivity contribution in [2.45, 2.75) is 25.8 Å². The number of amides is 1. The van der Waals surface area contributed by atoms with Crippen molar-refractivity contribution in [2.75, 3.05) is 14.2 Å². The summed E-state index contributed by atoms with van der Waals surface area (Å²) in [6, 6.07) is 15.4. The van der Waals surface area contributed by atoms with E-state index in [4.69, 9.17) is 9.47 Å². The Morgan fingerprint density at radius 2 is 1.52 bits per heavy atom. The first-order valence-corrected chi connectivity index (χ1v) is 7.54. The third kappa shape index (κ3) is 4.25. The number of nitrogens with one attached hydrogen (secondary N) is 1. The Morgan fingerprint density at radius 3 is 2.04 bits per heavy atom. The van der Waals surface area contributed by atoms with Gasteiger partial charge in [-0.15, -0.1) is 0 Å². The summed E-state index contributed by atoms with van der Waals surface area (Å²) in [4.78, 5) is 12.7. The zero-order valence-electron chi connectivity index (χ0n) is 14.1. The molecule has 0 aliphatic heterocycles. The standard InChI is InChI=1S/C19H23NO3/c1-19(2,13-14-9-6-5-7-10-14)20-18(21)17-15(22-3)11-8-12-16(17)23-4/h5-12H,13H2,1-4H3,(H,20,21).